The van der Waals surface area contributed by atoms with Gasteiger partial charge in [0.1, 0.15) is 6.33 Å². The summed E-state index contributed by atoms with van der Waals surface area (Å²) in [6.45, 7) is 2.27. The van der Waals surface area contributed by atoms with Gasteiger partial charge in [-0.1, -0.05) is 6.92 Å². The van der Waals surface area contributed by atoms with Gasteiger partial charge in [0.05, 0.1) is 18.1 Å². The molecule has 3 nitrogen and oxygen atoms in total. The predicted molar refractivity (Wildman–Crippen MR) is 56.0 cm³/mol. The van der Waals surface area contributed by atoms with E-state index in [-0.39, 0.29) is 0 Å². The van der Waals surface area contributed by atoms with E-state index in [2.05, 4.69) is 22.2 Å². The van der Waals surface area contributed by atoms with Crippen LogP contribution in [-0.2, 0) is 0 Å². The molecule has 1 aromatic rings. The zero-order valence-corrected chi connectivity index (χ0v) is 8.42. The first-order valence-corrected chi connectivity index (χ1v) is 5.52. The average molecular weight is 195 g/mol. The smallest absolute Gasteiger partial charge is 0.115 e. The summed E-state index contributed by atoms with van der Waals surface area (Å²) in [5.41, 5.74) is 1.03. The summed E-state index contributed by atoms with van der Waals surface area (Å²) in [6.07, 6.45) is 6.43. The molecule has 1 aromatic heterocycles. The third-order valence-corrected chi connectivity index (χ3v) is 3.49. The molecule has 2 unspecified atom stereocenters. The van der Waals surface area contributed by atoms with E-state index in [1.54, 1.807) is 6.33 Å². The first kappa shape index (κ1) is 8.81. The van der Waals surface area contributed by atoms with Crippen LogP contribution in [0.3, 0.4) is 0 Å². The minimum Gasteiger partial charge on any atom is -0.379 e. The Bertz CT molecular complexity index is 265. The summed E-state index contributed by atoms with van der Waals surface area (Å²) in [7, 11) is 0. The number of aromatic nitrogens is 2. The van der Waals surface area contributed by atoms with E-state index in [9.17, 15) is 0 Å². The fraction of sp³-hybridized carbons (Fsp3) is 0.556. The van der Waals surface area contributed by atoms with Crippen molar-refractivity contribution in [2.75, 3.05) is 11.1 Å². The van der Waals surface area contributed by atoms with Gasteiger partial charge < -0.3 is 5.32 Å². The second-order valence-electron chi connectivity index (χ2n) is 3.35. The Balaban J connectivity index is 1.92. The number of rotatable bonds is 2. The van der Waals surface area contributed by atoms with Crippen molar-refractivity contribution >= 4 is 17.4 Å². The maximum absolute atomic E-state index is 3.97. The molecule has 1 aliphatic heterocycles. The molecule has 1 saturated heterocycles. The Kier molecular flexibility index (Phi) is 2.68. The molecule has 0 spiro atoms. The molecule has 0 bridgehead atoms. The molecule has 70 valence electrons. The monoisotopic (exact) mass is 195 g/mol. The number of anilines is 1. The van der Waals surface area contributed by atoms with Crippen LogP contribution in [0.4, 0.5) is 5.69 Å². The zero-order valence-electron chi connectivity index (χ0n) is 7.60. The van der Waals surface area contributed by atoms with Gasteiger partial charge in [0, 0.05) is 17.0 Å². The van der Waals surface area contributed by atoms with Crippen LogP contribution in [0.15, 0.2) is 18.7 Å². The van der Waals surface area contributed by atoms with Gasteiger partial charge in [-0.2, -0.15) is 11.8 Å². The molecule has 0 radical (unpaired) electrons. The minimum absolute atomic E-state index is 0.589. The SMILES string of the molecule is CC1CC(Nc2cncnc2)CS1. The molecular weight excluding hydrogens is 182 g/mol. The van der Waals surface area contributed by atoms with Gasteiger partial charge in [0.25, 0.3) is 0 Å². The Morgan fingerprint density at radius 3 is 2.85 bits per heavy atom. The van der Waals surface area contributed by atoms with Crippen LogP contribution in [0.1, 0.15) is 13.3 Å². The third kappa shape index (κ3) is 2.34. The molecule has 1 N–H and O–H groups in total. The van der Waals surface area contributed by atoms with Gasteiger partial charge >= 0.3 is 0 Å². The summed E-state index contributed by atoms with van der Waals surface area (Å²) >= 11 is 2.02. The lowest BCUT2D eigenvalue weighted by Gasteiger charge is -2.11. The van der Waals surface area contributed by atoms with Crippen LogP contribution in [0.2, 0.25) is 0 Å². The third-order valence-electron chi connectivity index (χ3n) is 2.13. The Hall–Kier alpha value is -0.770. The highest BCUT2D eigenvalue weighted by atomic mass is 32.2. The summed E-state index contributed by atoms with van der Waals surface area (Å²) in [5, 5.41) is 4.21. The molecule has 1 aliphatic rings. The van der Waals surface area contributed by atoms with Gasteiger partial charge in [0.2, 0.25) is 0 Å². The van der Waals surface area contributed by atoms with Gasteiger partial charge in [-0.25, -0.2) is 9.97 Å². The van der Waals surface area contributed by atoms with Crippen molar-refractivity contribution in [3.63, 3.8) is 0 Å². The first-order valence-electron chi connectivity index (χ1n) is 4.48. The Morgan fingerprint density at radius 1 is 1.46 bits per heavy atom. The van der Waals surface area contributed by atoms with Gasteiger partial charge in [-0.3, -0.25) is 0 Å². The molecule has 2 heterocycles. The van der Waals surface area contributed by atoms with Crippen molar-refractivity contribution in [2.24, 2.45) is 0 Å². The van der Waals surface area contributed by atoms with E-state index >= 15 is 0 Å². The second-order valence-corrected chi connectivity index (χ2v) is 4.82. The Labute approximate surface area is 82.4 Å². The summed E-state index contributed by atoms with van der Waals surface area (Å²) in [5.74, 6) is 1.19. The zero-order chi connectivity index (χ0) is 9.10. The highest BCUT2D eigenvalue weighted by molar-refractivity contribution is 8.00. The number of hydrogen-bond donors (Lipinski definition) is 1. The molecule has 2 rings (SSSR count). The maximum Gasteiger partial charge on any atom is 0.115 e. The van der Waals surface area contributed by atoms with Crippen molar-refractivity contribution in [2.45, 2.75) is 24.6 Å². The van der Waals surface area contributed by atoms with Crippen LogP contribution in [0.25, 0.3) is 0 Å². The van der Waals surface area contributed by atoms with E-state index in [1.807, 2.05) is 24.2 Å². The van der Waals surface area contributed by atoms with Crippen molar-refractivity contribution in [3.05, 3.63) is 18.7 Å². The van der Waals surface area contributed by atoms with Crippen molar-refractivity contribution < 1.29 is 0 Å². The quantitative estimate of drug-likeness (QED) is 0.780. The molecule has 13 heavy (non-hydrogen) atoms. The minimum atomic E-state index is 0.589. The standard InChI is InChI=1S/C9H13N3S/c1-7-2-8(5-13-7)12-9-3-10-6-11-4-9/h3-4,6-8,12H,2,5H2,1H3. The molecule has 0 amide bonds. The lowest BCUT2D eigenvalue weighted by Crippen LogP contribution is -2.18. The summed E-state index contributed by atoms with van der Waals surface area (Å²) in [4.78, 5) is 7.93. The van der Waals surface area contributed by atoms with Crippen LogP contribution in [-0.4, -0.2) is 27.0 Å². The average Bonchev–Trinajstić information content (AvgIpc) is 2.53. The number of thioether (sulfide) groups is 1. The number of hydrogen-bond acceptors (Lipinski definition) is 4. The van der Waals surface area contributed by atoms with Gasteiger partial charge in [-0.15, -0.1) is 0 Å². The van der Waals surface area contributed by atoms with Crippen molar-refractivity contribution in [3.8, 4) is 0 Å². The lowest BCUT2D eigenvalue weighted by atomic mass is 10.2. The van der Waals surface area contributed by atoms with Crippen LogP contribution >= 0.6 is 11.8 Å². The van der Waals surface area contributed by atoms with Crippen LogP contribution in [0.5, 0.6) is 0 Å². The second kappa shape index (κ2) is 3.96. The van der Waals surface area contributed by atoms with Crippen LogP contribution in [0, 0.1) is 0 Å². The highest BCUT2D eigenvalue weighted by Crippen LogP contribution is 2.27. The molecule has 0 saturated carbocycles. The first-order chi connectivity index (χ1) is 6.34. The highest BCUT2D eigenvalue weighted by Gasteiger charge is 2.21. The van der Waals surface area contributed by atoms with E-state index in [0.29, 0.717) is 6.04 Å². The van der Waals surface area contributed by atoms with Crippen molar-refractivity contribution in [1.29, 1.82) is 0 Å². The topological polar surface area (TPSA) is 37.8 Å². The molecule has 2 atom stereocenters. The predicted octanol–water partition coefficient (Wildman–Crippen LogP) is 1.78. The lowest BCUT2D eigenvalue weighted by molar-refractivity contribution is 0.746. The summed E-state index contributed by atoms with van der Waals surface area (Å²) in [6, 6.07) is 0.589. The molecule has 0 aromatic carbocycles. The Morgan fingerprint density at radius 2 is 2.23 bits per heavy atom. The largest absolute Gasteiger partial charge is 0.379 e. The van der Waals surface area contributed by atoms with E-state index in [4.69, 9.17) is 0 Å². The molecule has 1 fully saturated rings. The molecule has 0 aliphatic carbocycles. The summed E-state index contributed by atoms with van der Waals surface area (Å²) < 4.78 is 0. The van der Waals surface area contributed by atoms with E-state index in [1.165, 1.54) is 12.2 Å². The van der Waals surface area contributed by atoms with Gasteiger partial charge in [0.15, 0.2) is 0 Å². The van der Waals surface area contributed by atoms with Gasteiger partial charge in [-0.05, 0) is 6.42 Å². The fourth-order valence-corrected chi connectivity index (χ4v) is 2.68. The normalized spacial score (nSPS) is 27.5. The van der Waals surface area contributed by atoms with E-state index < -0.39 is 0 Å². The molecular formula is C9H13N3S. The number of nitrogens with one attached hydrogen (secondary N) is 1. The van der Waals surface area contributed by atoms with Crippen LogP contribution < -0.4 is 5.32 Å². The maximum atomic E-state index is 3.97. The molecule has 4 heteroatoms. The fourth-order valence-electron chi connectivity index (χ4n) is 1.53. The number of nitrogens with zero attached hydrogens (tertiary/aromatic N) is 2. The van der Waals surface area contributed by atoms with Crippen molar-refractivity contribution in [1.82, 2.24) is 9.97 Å². The van der Waals surface area contributed by atoms with E-state index in [0.717, 1.165) is 10.9 Å².